The molecule has 2 aromatic carbocycles. The number of nitrogens with zero attached hydrogens (tertiary/aromatic N) is 3. The topological polar surface area (TPSA) is 103 Å². The first-order chi connectivity index (χ1) is 16.8. The number of nitrogens with one attached hydrogen (secondary N) is 1. The van der Waals surface area contributed by atoms with Crippen molar-refractivity contribution in [3.8, 4) is 0 Å². The van der Waals surface area contributed by atoms with Crippen LogP contribution in [0.5, 0.6) is 0 Å². The van der Waals surface area contributed by atoms with E-state index in [1.54, 1.807) is 24.3 Å². The van der Waals surface area contributed by atoms with E-state index in [4.69, 9.17) is 16.3 Å². The van der Waals surface area contributed by atoms with Crippen LogP contribution >= 0.6 is 11.6 Å². The van der Waals surface area contributed by atoms with Gasteiger partial charge in [-0.2, -0.15) is 5.10 Å². The van der Waals surface area contributed by atoms with Crippen LogP contribution in [0, 0.1) is 11.6 Å². The summed E-state index contributed by atoms with van der Waals surface area (Å²) in [5.74, 6) is -3.96. The van der Waals surface area contributed by atoms with Gasteiger partial charge in [-0.15, -0.1) is 0 Å². The van der Waals surface area contributed by atoms with Gasteiger partial charge in [0.05, 0.1) is 18.9 Å². The molecule has 0 aliphatic carbocycles. The fourth-order valence-electron chi connectivity index (χ4n) is 3.36. The normalized spacial score (nSPS) is 10.9. The highest BCUT2D eigenvalue weighted by Crippen LogP contribution is 2.20. The van der Waals surface area contributed by atoms with E-state index in [2.05, 4.69) is 15.4 Å². The highest BCUT2D eigenvalue weighted by molar-refractivity contribution is 6.31. The number of benzene rings is 2. The second-order valence-electron chi connectivity index (χ2n) is 7.43. The van der Waals surface area contributed by atoms with Crippen LogP contribution < -0.4 is 5.32 Å². The number of halogens is 3. The highest BCUT2D eigenvalue weighted by Gasteiger charge is 2.23. The zero-order valence-electron chi connectivity index (χ0n) is 18.2. The molecule has 1 N–H and O–H groups in total. The van der Waals surface area contributed by atoms with Crippen molar-refractivity contribution < 1.29 is 27.9 Å². The van der Waals surface area contributed by atoms with Crippen molar-refractivity contribution >= 4 is 34.9 Å². The summed E-state index contributed by atoms with van der Waals surface area (Å²) in [7, 11) is 1.16. The van der Waals surface area contributed by atoms with Crippen LogP contribution in [-0.4, -0.2) is 39.4 Å². The highest BCUT2D eigenvalue weighted by atomic mass is 35.5. The zero-order valence-corrected chi connectivity index (χ0v) is 19.0. The first-order valence-electron chi connectivity index (χ1n) is 10.2. The molecule has 0 unspecified atom stereocenters. The number of carbonyl (C=O) groups excluding carboxylic acids is 3. The van der Waals surface area contributed by atoms with E-state index in [0.29, 0.717) is 16.1 Å². The van der Waals surface area contributed by atoms with Gasteiger partial charge in [-0.25, -0.2) is 23.1 Å². The van der Waals surface area contributed by atoms with Crippen molar-refractivity contribution in [3.63, 3.8) is 0 Å². The minimum atomic E-state index is -1.05. The Balaban J connectivity index is 1.67. The number of amides is 1. The number of ether oxygens (including phenoxy) is 1. The molecule has 0 radical (unpaired) electrons. The number of methoxy groups -OCH3 is 1. The number of hydrogen-bond donors (Lipinski definition) is 1. The summed E-state index contributed by atoms with van der Waals surface area (Å²) in [5.41, 5.74) is 0.618. The molecule has 8 nitrogen and oxygen atoms in total. The molecule has 0 bridgehead atoms. The summed E-state index contributed by atoms with van der Waals surface area (Å²) in [5, 5.41) is 7.01. The number of hydrogen-bond acceptors (Lipinski definition) is 6. The van der Waals surface area contributed by atoms with Crippen LogP contribution in [-0.2, 0) is 17.7 Å². The second-order valence-corrected chi connectivity index (χ2v) is 7.84. The Labute approximate surface area is 202 Å². The first kappa shape index (κ1) is 24.0. The first-order valence-corrected chi connectivity index (χ1v) is 10.6. The molecule has 0 spiro atoms. The van der Waals surface area contributed by atoms with Crippen LogP contribution in [0.25, 0.3) is 5.65 Å². The number of fused-ring (bicyclic) bond motifs is 1. The van der Waals surface area contributed by atoms with E-state index in [-0.39, 0.29) is 41.3 Å². The van der Waals surface area contributed by atoms with Crippen molar-refractivity contribution in [2.24, 2.45) is 0 Å². The summed E-state index contributed by atoms with van der Waals surface area (Å²) in [6, 6.07) is 11.2. The molecule has 0 fully saturated rings. The molecular weight excluding hydrogens is 482 g/mol. The molecule has 0 saturated heterocycles. The van der Waals surface area contributed by atoms with Crippen LogP contribution in [0.3, 0.4) is 0 Å². The number of ketones is 1. The maximum Gasteiger partial charge on any atom is 0.356 e. The molecule has 2 aromatic heterocycles. The van der Waals surface area contributed by atoms with E-state index in [0.717, 1.165) is 29.8 Å². The van der Waals surface area contributed by atoms with Gasteiger partial charge in [0.2, 0.25) is 0 Å². The van der Waals surface area contributed by atoms with Crippen molar-refractivity contribution in [1.29, 1.82) is 0 Å². The van der Waals surface area contributed by atoms with Gasteiger partial charge < -0.3 is 10.1 Å². The number of rotatable bonds is 7. The van der Waals surface area contributed by atoms with Gasteiger partial charge in [0.1, 0.15) is 5.69 Å². The lowest BCUT2D eigenvalue weighted by molar-refractivity contribution is 0.0590. The Kier molecular flexibility index (Phi) is 6.83. The Morgan fingerprint density at radius 2 is 1.86 bits per heavy atom. The van der Waals surface area contributed by atoms with Gasteiger partial charge in [0.15, 0.2) is 28.8 Å². The number of carbonyl (C=O) groups is 3. The van der Waals surface area contributed by atoms with E-state index < -0.39 is 23.5 Å². The predicted octanol–water partition coefficient (Wildman–Crippen LogP) is 3.80. The van der Waals surface area contributed by atoms with Crippen LogP contribution in [0.15, 0.2) is 54.7 Å². The minimum Gasteiger partial charge on any atom is -0.464 e. The van der Waals surface area contributed by atoms with Crippen LogP contribution in [0.4, 0.5) is 8.78 Å². The predicted molar refractivity (Wildman–Crippen MR) is 121 cm³/mol. The average molecular weight is 499 g/mol. The van der Waals surface area contributed by atoms with Crippen molar-refractivity contribution in [1.82, 2.24) is 19.9 Å². The Bertz CT molecular complexity index is 1470. The monoisotopic (exact) mass is 498 g/mol. The smallest absolute Gasteiger partial charge is 0.356 e. The summed E-state index contributed by atoms with van der Waals surface area (Å²) < 4.78 is 32.5. The lowest BCUT2D eigenvalue weighted by Gasteiger charge is -2.09. The number of esters is 1. The lowest BCUT2D eigenvalue weighted by Crippen LogP contribution is -2.25. The van der Waals surface area contributed by atoms with Gasteiger partial charge in [-0.05, 0) is 29.3 Å². The number of Topliss-reactive ketones (excluding diaryl/α,β-unsaturated/α-hetero) is 1. The fourth-order valence-corrected chi connectivity index (χ4v) is 3.56. The molecule has 2 heterocycles. The maximum absolute atomic E-state index is 13.4. The zero-order chi connectivity index (χ0) is 25.1. The third kappa shape index (κ3) is 5.02. The van der Waals surface area contributed by atoms with Crippen LogP contribution in [0.1, 0.15) is 42.5 Å². The van der Waals surface area contributed by atoms with Gasteiger partial charge in [0, 0.05) is 24.1 Å². The van der Waals surface area contributed by atoms with Gasteiger partial charge in [0.25, 0.3) is 5.91 Å². The molecule has 178 valence electrons. The van der Waals surface area contributed by atoms with Crippen molar-refractivity contribution in [3.05, 3.63) is 99.5 Å². The summed E-state index contributed by atoms with van der Waals surface area (Å²) in [6.07, 6.45) is 1.19. The average Bonchev–Trinajstić information content (AvgIpc) is 3.29. The van der Waals surface area contributed by atoms with Crippen LogP contribution in [0.2, 0.25) is 5.02 Å². The third-order valence-corrected chi connectivity index (χ3v) is 5.51. The molecule has 0 aliphatic rings. The van der Waals surface area contributed by atoms with E-state index in [1.807, 2.05) is 0 Å². The standard InChI is InChI=1S/C24H17ClF2N4O4/c1-35-24(34)20-10-19(23(33)28-11-13-6-7-17(26)18(27)8-13)30-22-15(12-29-31(20)22)21(32)9-14-4-2-3-5-16(14)25/h2-8,10,12H,9,11H2,1H3,(H,28,33). The van der Waals surface area contributed by atoms with E-state index >= 15 is 0 Å². The molecule has 4 rings (SSSR count). The van der Waals surface area contributed by atoms with Crippen molar-refractivity contribution in [2.45, 2.75) is 13.0 Å². The number of aromatic nitrogens is 3. The molecule has 0 saturated carbocycles. The van der Waals surface area contributed by atoms with Gasteiger partial charge in [-0.1, -0.05) is 35.9 Å². The largest absolute Gasteiger partial charge is 0.464 e. The SMILES string of the molecule is COC(=O)c1cc(C(=O)NCc2ccc(F)c(F)c2)nc2c(C(=O)Cc3ccccc3Cl)cnn12. The fraction of sp³-hybridized carbons (Fsp3) is 0.125. The summed E-state index contributed by atoms with van der Waals surface area (Å²) in [6.45, 7) is -0.131. The van der Waals surface area contributed by atoms with Crippen molar-refractivity contribution in [2.75, 3.05) is 7.11 Å². The second kappa shape index (κ2) is 9.98. The van der Waals surface area contributed by atoms with Gasteiger partial charge in [-0.3, -0.25) is 9.59 Å². The summed E-state index contributed by atoms with van der Waals surface area (Å²) >= 11 is 6.16. The molecule has 0 atom stereocenters. The molecule has 0 aliphatic heterocycles. The minimum absolute atomic E-state index is 0.0251. The lowest BCUT2D eigenvalue weighted by atomic mass is 10.1. The Morgan fingerprint density at radius 1 is 1.09 bits per heavy atom. The quantitative estimate of drug-likeness (QED) is 0.307. The molecule has 1 amide bonds. The molecular formula is C24H17ClF2N4O4. The Hall–Kier alpha value is -4.18. The molecule has 4 aromatic rings. The molecule has 35 heavy (non-hydrogen) atoms. The maximum atomic E-state index is 13.4. The summed E-state index contributed by atoms with van der Waals surface area (Å²) in [4.78, 5) is 42.4. The van der Waals surface area contributed by atoms with E-state index in [1.165, 1.54) is 12.3 Å². The third-order valence-electron chi connectivity index (χ3n) is 5.15. The Morgan fingerprint density at radius 3 is 2.57 bits per heavy atom. The molecule has 11 heteroatoms. The van der Waals surface area contributed by atoms with E-state index in [9.17, 15) is 23.2 Å². The van der Waals surface area contributed by atoms with Gasteiger partial charge >= 0.3 is 5.97 Å².